The predicted octanol–water partition coefficient (Wildman–Crippen LogP) is 1.37. The minimum Gasteiger partial charge on any atom is -0.481 e. The Labute approximate surface area is 109 Å². The van der Waals surface area contributed by atoms with Gasteiger partial charge in [0, 0.05) is 19.0 Å². The molecule has 106 valence electrons. The average molecular weight is 258 g/mol. The van der Waals surface area contributed by atoms with E-state index in [-0.39, 0.29) is 24.3 Å². The van der Waals surface area contributed by atoms with E-state index in [2.05, 4.69) is 19.2 Å². The first-order valence-electron chi connectivity index (χ1n) is 6.59. The fourth-order valence-corrected chi connectivity index (χ4v) is 1.87. The van der Waals surface area contributed by atoms with Crippen molar-refractivity contribution in [3.8, 4) is 0 Å². The van der Waals surface area contributed by atoms with Gasteiger partial charge in [-0.3, -0.25) is 9.59 Å². The molecule has 0 bridgehead atoms. The highest BCUT2D eigenvalue weighted by Gasteiger charge is 2.19. The summed E-state index contributed by atoms with van der Waals surface area (Å²) < 4.78 is 0. The van der Waals surface area contributed by atoms with Gasteiger partial charge in [0.1, 0.15) is 0 Å². The van der Waals surface area contributed by atoms with Crippen molar-refractivity contribution in [2.45, 2.75) is 52.5 Å². The molecule has 18 heavy (non-hydrogen) atoms. The molecule has 4 N–H and O–H groups in total. The van der Waals surface area contributed by atoms with Gasteiger partial charge in [0.2, 0.25) is 5.91 Å². The van der Waals surface area contributed by atoms with Gasteiger partial charge >= 0.3 is 5.97 Å². The van der Waals surface area contributed by atoms with E-state index < -0.39 is 5.97 Å². The fourth-order valence-electron chi connectivity index (χ4n) is 1.87. The third-order valence-corrected chi connectivity index (χ3v) is 2.83. The van der Waals surface area contributed by atoms with Gasteiger partial charge < -0.3 is 16.2 Å². The average Bonchev–Trinajstić information content (AvgIpc) is 2.24. The summed E-state index contributed by atoms with van der Waals surface area (Å²) in [6, 6.07) is -0.00179. The number of carbonyl (C=O) groups excluding carboxylic acids is 1. The van der Waals surface area contributed by atoms with E-state index in [4.69, 9.17) is 10.8 Å². The van der Waals surface area contributed by atoms with Crippen LogP contribution >= 0.6 is 0 Å². The smallest absolute Gasteiger partial charge is 0.303 e. The summed E-state index contributed by atoms with van der Waals surface area (Å²) in [6.45, 7) is 6.37. The van der Waals surface area contributed by atoms with Crippen LogP contribution in [0.1, 0.15) is 46.5 Å². The molecule has 0 aliphatic heterocycles. The van der Waals surface area contributed by atoms with Crippen LogP contribution in [0, 0.1) is 11.8 Å². The first-order chi connectivity index (χ1) is 8.36. The van der Waals surface area contributed by atoms with Crippen molar-refractivity contribution >= 4 is 11.9 Å². The van der Waals surface area contributed by atoms with Crippen molar-refractivity contribution < 1.29 is 14.7 Å². The molecule has 0 aliphatic carbocycles. The molecule has 0 heterocycles. The number of hydrogen-bond acceptors (Lipinski definition) is 3. The topological polar surface area (TPSA) is 92.4 Å². The van der Waals surface area contributed by atoms with Crippen LogP contribution in [-0.4, -0.2) is 29.6 Å². The van der Waals surface area contributed by atoms with E-state index in [9.17, 15) is 9.59 Å². The molecule has 0 aromatic rings. The number of carbonyl (C=O) groups is 2. The SMILES string of the molecule is CC(C)CC(CN)C(=O)NC(C)CCCC(=O)O. The summed E-state index contributed by atoms with van der Waals surface area (Å²) in [5.41, 5.74) is 5.60. The van der Waals surface area contributed by atoms with Crippen molar-refractivity contribution in [3.63, 3.8) is 0 Å². The van der Waals surface area contributed by atoms with E-state index in [0.29, 0.717) is 25.3 Å². The molecule has 0 rings (SSSR count). The molecular formula is C13H26N2O3. The van der Waals surface area contributed by atoms with E-state index in [1.54, 1.807) is 0 Å². The molecule has 1 amide bonds. The highest BCUT2D eigenvalue weighted by atomic mass is 16.4. The first-order valence-corrected chi connectivity index (χ1v) is 6.59. The Kier molecular flexibility index (Phi) is 8.37. The summed E-state index contributed by atoms with van der Waals surface area (Å²) in [5.74, 6) is -0.527. The maximum Gasteiger partial charge on any atom is 0.303 e. The third-order valence-electron chi connectivity index (χ3n) is 2.83. The summed E-state index contributed by atoms with van der Waals surface area (Å²) in [6.07, 6.45) is 2.18. The van der Waals surface area contributed by atoms with Crippen LogP contribution in [0.25, 0.3) is 0 Å². The fraction of sp³-hybridized carbons (Fsp3) is 0.846. The van der Waals surface area contributed by atoms with Gasteiger partial charge in [0.15, 0.2) is 0 Å². The molecule has 0 spiro atoms. The molecule has 0 saturated heterocycles. The Morgan fingerprint density at radius 2 is 1.89 bits per heavy atom. The van der Waals surface area contributed by atoms with Crippen LogP contribution in [-0.2, 0) is 9.59 Å². The van der Waals surface area contributed by atoms with Gasteiger partial charge in [-0.25, -0.2) is 0 Å². The molecule has 0 fully saturated rings. The van der Waals surface area contributed by atoms with Crippen molar-refractivity contribution in [3.05, 3.63) is 0 Å². The second-order valence-electron chi connectivity index (χ2n) is 5.26. The monoisotopic (exact) mass is 258 g/mol. The predicted molar refractivity (Wildman–Crippen MR) is 71.1 cm³/mol. The molecule has 0 saturated carbocycles. The van der Waals surface area contributed by atoms with Crippen LogP contribution in [0.2, 0.25) is 0 Å². The normalized spacial score (nSPS) is 14.3. The molecule has 5 nitrogen and oxygen atoms in total. The molecule has 0 aromatic carbocycles. The summed E-state index contributed by atoms with van der Waals surface area (Å²) >= 11 is 0. The summed E-state index contributed by atoms with van der Waals surface area (Å²) in [5, 5.41) is 11.4. The van der Waals surface area contributed by atoms with E-state index in [1.165, 1.54) is 0 Å². The second kappa shape index (κ2) is 8.91. The van der Waals surface area contributed by atoms with Gasteiger partial charge in [-0.15, -0.1) is 0 Å². The minimum absolute atomic E-state index is 0.00179. The van der Waals surface area contributed by atoms with Crippen LogP contribution in [0.3, 0.4) is 0 Å². The lowest BCUT2D eigenvalue weighted by molar-refractivity contribution is -0.137. The van der Waals surface area contributed by atoms with Crippen LogP contribution in [0.4, 0.5) is 0 Å². The highest BCUT2D eigenvalue weighted by molar-refractivity contribution is 5.79. The molecular weight excluding hydrogens is 232 g/mol. The Morgan fingerprint density at radius 1 is 1.28 bits per heavy atom. The van der Waals surface area contributed by atoms with Crippen LogP contribution in [0.15, 0.2) is 0 Å². The van der Waals surface area contributed by atoms with Crippen molar-refractivity contribution in [1.29, 1.82) is 0 Å². The van der Waals surface area contributed by atoms with Gasteiger partial charge in [0.05, 0.1) is 5.92 Å². The quantitative estimate of drug-likeness (QED) is 0.582. The number of aliphatic carboxylic acids is 1. The highest BCUT2D eigenvalue weighted by Crippen LogP contribution is 2.11. The van der Waals surface area contributed by atoms with Crippen LogP contribution < -0.4 is 11.1 Å². The maximum atomic E-state index is 11.9. The van der Waals surface area contributed by atoms with E-state index in [1.807, 2.05) is 6.92 Å². The minimum atomic E-state index is -0.798. The number of carboxylic acid groups (broad SMARTS) is 1. The molecule has 2 atom stereocenters. The zero-order valence-electron chi connectivity index (χ0n) is 11.6. The number of carboxylic acids is 1. The zero-order valence-corrected chi connectivity index (χ0v) is 11.6. The largest absolute Gasteiger partial charge is 0.481 e. The summed E-state index contributed by atoms with van der Waals surface area (Å²) in [7, 11) is 0. The van der Waals surface area contributed by atoms with E-state index >= 15 is 0 Å². The number of amides is 1. The standard InChI is InChI=1S/C13H26N2O3/c1-9(2)7-11(8-14)13(18)15-10(3)5-4-6-12(16)17/h9-11H,4-8,14H2,1-3H3,(H,15,18)(H,16,17). The zero-order chi connectivity index (χ0) is 14.1. The number of nitrogens with two attached hydrogens (primary N) is 1. The van der Waals surface area contributed by atoms with Crippen molar-refractivity contribution in [2.24, 2.45) is 17.6 Å². The number of rotatable bonds is 9. The van der Waals surface area contributed by atoms with Crippen molar-refractivity contribution in [2.75, 3.05) is 6.54 Å². The van der Waals surface area contributed by atoms with Crippen molar-refractivity contribution in [1.82, 2.24) is 5.32 Å². The lowest BCUT2D eigenvalue weighted by atomic mass is 9.96. The lowest BCUT2D eigenvalue weighted by Gasteiger charge is -2.20. The van der Waals surface area contributed by atoms with Gasteiger partial charge in [-0.1, -0.05) is 13.8 Å². The Balaban J connectivity index is 4.00. The lowest BCUT2D eigenvalue weighted by Crippen LogP contribution is -2.40. The Bertz CT molecular complexity index is 267. The molecule has 0 aromatic heterocycles. The van der Waals surface area contributed by atoms with Gasteiger partial charge in [-0.2, -0.15) is 0 Å². The second-order valence-corrected chi connectivity index (χ2v) is 5.26. The maximum absolute atomic E-state index is 11.9. The Hall–Kier alpha value is -1.10. The number of hydrogen-bond donors (Lipinski definition) is 3. The van der Waals surface area contributed by atoms with Crippen LogP contribution in [0.5, 0.6) is 0 Å². The molecule has 0 aliphatic rings. The molecule has 5 heteroatoms. The molecule has 0 radical (unpaired) electrons. The first kappa shape index (κ1) is 16.9. The summed E-state index contributed by atoms with van der Waals surface area (Å²) in [4.78, 5) is 22.3. The van der Waals surface area contributed by atoms with Gasteiger partial charge in [0.25, 0.3) is 0 Å². The van der Waals surface area contributed by atoms with E-state index in [0.717, 1.165) is 6.42 Å². The third kappa shape index (κ3) is 8.06. The Morgan fingerprint density at radius 3 is 2.33 bits per heavy atom. The number of nitrogens with one attached hydrogen (secondary N) is 1. The van der Waals surface area contributed by atoms with Gasteiger partial charge in [-0.05, 0) is 32.1 Å². The molecule has 2 unspecified atom stereocenters.